The number of carbonyl (C=O) groups excluding carboxylic acids is 1. The van der Waals surface area contributed by atoms with Gasteiger partial charge in [-0.25, -0.2) is 0 Å². The lowest BCUT2D eigenvalue weighted by Crippen LogP contribution is -2.49. The summed E-state index contributed by atoms with van der Waals surface area (Å²) in [6.45, 7) is 5.15. The Bertz CT molecular complexity index is 207. The van der Waals surface area contributed by atoms with Crippen molar-refractivity contribution in [2.45, 2.75) is 25.4 Å². The van der Waals surface area contributed by atoms with Gasteiger partial charge in [0, 0.05) is 12.6 Å². The van der Waals surface area contributed by atoms with Crippen molar-refractivity contribution in [3.63, 3.8) is 0 Å². The van der Waals surface area contributed by atoms with E-state index in [-0.39, 0.29) is 12.0 Å². The van der Waals surface area contributed by atoms with E-state index in [2.05, 4.69) is 11.8 Å². The third-order valence-corrected chi connectivity index (χ3v) is 2.73. The number of rotatable bonds is 1. The number of hydrogen-bond acceptors (Lipinski definition) is 4. The summed E-state index contributed by atoms with van der Waals surface area (Å²) in [7, 11) is 0. The molecule has 2 unspecified atom stereocenters. The van der Waals surface area contributed by atoms with Crippen LogP contribution in [0.5, 0.6) is 0 Å². The first-order chi connectivity index (χ1) is 6.27. The molecular weight excluding hydrogens is 170 g/mol. The van der Waals surface area contributed by atoms with Gasteiger partial charge in [0.25, 0.3) is 0 Å². The van der Waals surface area contributed by atoms with Crippen molar-refractivity contribution in [2.75, 3.05) is 26.4 Å². The van der Waals surface area contributed by atoms with Crippen LogP contribution in [0.1, 0.15) is 13.3 Å². The molecular formula is C9H15NO3. The fraction of sp³-hybridized carbons (Fsp3) is 0.889. The summed E-state index contributed by atoms with van der Waals surface area (Å²) < 4.78 is 10.3. The third-order valence-electron chi connectivity index (χ3n) is 2.73. The summed E-state index contributed by atoms with van der Waals surface area (Å²) in [5.41, 5.74) is 0. The minimum absolute atomic E-state index is 0.0660. The molecule has 0 radical (unpaired) electrons. The fourth-order valence-corrected chi connectivity index (χ4v) is 1.99. The molecule has 4 heteroatoms. The summed E-state index contributed by atoms with van der Waals surface area (Å²) in [5, 5.41) is 0. The Labute approximate surface area is 77.8 Å². The average Bonchev–Trinajstić information content (AvgIpc) is 2.53. The van der Waals surface area contributed by atoms with Crippen LogP contribution in [-0.2, 0) is 14.3 Å². The van der Waals surface area contributed by atoms with E-state index in [1.54, 1.807) is 0 Å². The molecule has 0 bridgehead atoms. The second kappa shape index (κ2) is 3.64. The predicted molar refractivity (Wildman–Crippen MR) is 46.4 cm³/mol. The van der Waals surface area contributed by atoms with E-state index in [4.69, 9.17) is 9.47 Å². The second-order valence-corrected chi connectivity index (χ2v) is 3.70. The van der Waals surface area contributed by atoms with E-state index in [0.717, 1.165) is 19.8 Å². The lowest BCUT2D eigenvalue weighted by molar-refractivity contribution is -0.137. The van der Waals surface area contributed by atoms with E-state index >= 15 is 0 Å². The maximum absolute atomic E-state index is 10.9. The van der Waals surface area contributed by atoms with Crippen molar-refractivity contribution in [2.24, 2.45) is 0 Å². The van der Waals surface area contributed by atoms with E-state index < -0.39 is 0 Å². The molecule has 0 aromatic carbocycles. The standard InChI is InChI=1S/C9H15NO3/c1-7-5-12-3-2-10(7)8-4-9(11)13-6-8/h7-8H,2-6H2,1H3. The Morgan fingerprint density at radius 2 is 2.31 bits per heavy atom. The summed E-state index contributed by atoms with van der Waals surface area (Å²) in [4.78, 5) is 13.2. The number of hydrogen-bond donors (Lipinski definition) is 0. The van der Waals surface area contributed by atoms with Crippen LogP contribution in [0.4, 0.5) is 0 Å². The highest BCUT2D eigenvalue weighted by atomic mass is 16.5. The van der Waals surface area contributed by atoms with Crippen LogP contribution in [0.3, 0.4) is 0 Å². The Balaban J connectivity index is 1.94. The van der Waals surface area contributed by atoms with Gasteiger partial charge in [-0.15, -0.1) is 0 Å². The van der Waals surface area contributed by atoms with E-state index in [9.17, 15) is 4.79 Å². The predicted octanol–water partition coefficient (Wildman–Crippen LogP) is 0.0226. The highest BCUT2D eigenvalue weighted by Crippen LogP contribution is 2.18. The van der Waals surface area contributed by atoms with Crippen molar-refractivity contribution < 1.29 is 14.3 Å². The Kier molecular flexibility index (Phi) is 2.51. The second-order valence-electron chi connectivity index (χ2n) is 3.70. The van der Waals surface area contributed by atoms with Gasteiger partial charge in [-0.2, -0.15) is 0 Å². The van der Waals surface area contributed by atoms with Crippen molar-refractivity contribution in [1.29, 1.82) is 0 Å². The minimum Gasteiger partial charge on any atom is -0.464 e. The molecule has 0 aromatic heterocycles. The molecule has 2 heterocycles. The van der Waals surface area contributed by atoms with Gasteiger partial charge >= 0.3 is 5.97 Å². The van der Waals surface area contributed by atoms with Crippen LogP contribution in [-0.4, -0.2) is 49.3 Å². The molecule has 0 saturated carbocycles. The van der Waals surface area contributed by atoms with Crippen LogP contribution in [0, 0.1) is 0 Å². The number of cyclic esters (lactones) is 1. The van der Waals surface area contributed by atoms with Crippen molar-refractivity contribution in [3.8, 4) is 0 Å². The topological polar surface area (TPSA) is 38.8 Å². The smallest absolute Gasteiger partial charge is 0.307 e. The Hall–Kier alpha value is -0.610. The molecule has 2 saturated heterocycles. The normalized spacial score (nSPS) is 36.2. The highest BCUT2D eigenvalue weighted by Gasteiger charge is 2.33. The molecule has 0 spiro atoms. The van der Waals surface area contributed by atoms with Gasteiger partial charge in [0.2, 0.25) is 0 Å². The van der Waals surface area contributed by atoms with Crippen LogP contribution in [0.15, 0.2) is 0 Å². The summed E-state index contributed by atoms with van der Waals surface area (Å²) in [5.74, 6) is -0.0660. The lowest BCUT2D eigenvalue weighted by Gasteiger charge is -2.36. The average molecular weight is 185 g/mol. The van der Waals surface area contributed by atoms with Gasteiger partial charge in [0.15, 0.2) is 0 Å². The van der Waals surface area contributed by atoms with E-state index in [0.29, 0.717) is 19.1 Å². The summed E-state index contributed by atoms with van der Waals surface area (Å²) >= 11 is 0. The van der Waals surface area contributed by atoms with Crippen molar-refractivity contribution in [3.05, 3.63) is 0 Å². The van der Waals surface area contributed by atoms with Gasteiger partial charge < -0.3 is 9.47 Å². The zero-order valence-corrected chi connectivity index (χ0v) is 7.86. The highest BCUT2D eigenvalue weighted by molar-refractivity contribution is 5.72. The molecule has 4 nitrogen and oxygen atoms in total. The molecule has 2 aliphatic rings. The lowest BCUT2D eigenvalue weighted by atomic mass is 10.1. The first-order valence-electron chi connectivity index (χ1n) is 4.76. The van der Waals surface area contributed by atoms with Crippen LogP contribution >= 0.6 is 0 Å². The molecule has 74 valence electrons. The maximum Gasteiger partial charge on any atom is 0.307 e. The van der Waals surface area contributed by atoms with Gasteiger partial charge in [0.1, 0.15) is 6.61 Å². The number of carbonyl (C=O) groups is 1. The largest absolute Gasteiger partial charge is 0.464 e. The number of esters is 1. The molecule has 0 aromatic rings. The first kappa shape index (κ1) is 8.97. The van der Waals surface area contributed by atoms with Gasteiger partial charge in [0.05, 0.1) is 25.7 Å². The van der Waals surface area contributed by atoms with Crippen LogP contribution < -0.4 is 0 Å². The first-order valence-corrected chi connectivity index (χ1v) is 4.76. The van der Waals surface area contributed by atoms with Crippen LogP contribution in [0.25, 0.3) is 0 Å². The molecule has 13 heavy (non-hydrogen) atoms. The SMILES string of the molecule is CC1COCCN1C1COC(=O)C1. The van der Waals surface area contributed by atoms with Crippen LogP contribution in [0.2, 0.25) is 0 Å². The summed E-state index contributed by atoms with van der Waals surface area (Å²) in [6, 6.07) is 0.694. The number of nitrogens with zero attached hydrogens (tertiary/aromatic N) is 1. The third kappa shape index (κ3) is 1.84. The molecule has 0 amide bonds. The van der Waals surface area contributed by atoms with E-state index in [1.807, 2.05) is 0 Å². The molecule has 0 N–H and O–H groups in total. The van der Waals surface area contributed by atoms with Gasteiger partial charge in [-0.3, -0.25) is 9.69 Å². The fourth-order valence-electron chi connectivity index (χ4n) is 1.99. The summed E-state index contributed by atoms with van der Waals surface area (Å²) in [6.07, 6.45) is 0.546. The van der Waals surface area contributed by atoms with E-state index in [1.165, 1.54) is 0 Å². The van der Waals surface area contributed by atoms with Crippen molar-refractivity contribution in [1.82, 2.24) is 4.90 Å². The molecule has 0 aliphatic carbocycles. The monoisotopic (exact) mass is 185 g/mol. The van der Waals surface area contributed by atoms with Gasteiger partial charge in [-0.05, 0) is 6.92 Å². The zero-order valence-electron chi connectivity index (χ0n) is 7.86. The molecule has 2 fully saturated rings. The quantitative estimate of drug-likeness (QED) is 0.540. The van der Waals surface area contributed by atoms with Gasteiger partial charge in [-0.1, -0.05) is 0 Å². The number of ether oxygens (including phenoxy) is 2. The maximum atomic E-state index is 10.9. The Morgan fingerprint density at radius 1 is 1.46 bits per heavy atom. The minimum atomic E-state index is -0.0660. The number of morpholine rings is 1. The zero-order chi connectivity index (χ0) is 9.26. The molecule has 2 atom stereocenters. The molecule has 2 rings (SSSR count). The molecule has 2 aliphatic heterocycles. The Morgan fingerprint density at radius 3 is 2.92 bits per heavy atom. The van der Waals surface area contributed by atoms with Crippen molar-refractivity contribution >= 4 is 5.97 Å².